The molecule has 174 valence electrons. The Morgan fingerprint density at radius 2 is 1.85 bits per heavy atom. The van der Waals surface area contributed by atoms with Crippen LogP contribution in [0.1, 0.15) is 22.3 Å². The third-order valence-corrected chi connectivity index (χ3v) is 5.58. The van der Waals surface area contributed by atoms with Crippen molar-refractivity contribution >= 4 is 23.2 Å². The Hall–Kier alpha value is -4.20. The first-order valence-electron chi connectivity index (χ1n) is 11.0. The van der Waals surface area contributed by atoms with E-state index in [1.54, 1.807) is 41.3 Å². The second-order valence-corrected chi connectivity index (χ2v) is 8.06. The van der Waals surface area contributed by atoms with Crippen molar-refractivity contribution in [3.8, 4) is 23.0 Å². The molecule has 0 bridgehead atoms. The fraction of sp³-hybridized carbons (Fsp3) is 0.231. The zero-order valence-corrected chi connectivity index (χ0v) is 18.7. The highest BCUT2D eigenvalue weighted by atomic mass is 16.7. The van der Waals surface area contributed by atoms with Crippen LogP contribution in [0, 0.1) is 6.92 Å². The lowest BCUT2D eigenvalue weighted by molar-refractivity contribution is -0.121. The van der Waals surface area contributed by atoms with Gasteiger partial charge in [-0.25, -0.2) is 0 Å². The van der Waals surface area contributed by atoms with E-state index in [4.69, 9.17) is 18.9 Å². The number of carbonyl (C=O) groups is 2. The van der Waals surface area contributed by atoms with Crippen molar-refractivity contribution in [3.05, 3.63) is 71.8 Å². The molecule has 2 aliphatic heterocycles. The van der Waals surface area contributed by atoms with Gasteiger partial charge in [0.25, 0.3) is 11.8 Å². The summed E-state index contributed by atoms with van der Waals surface area (Å²) in [6.07, 6.45) is 0.646. The van der Waals surface area contributed by atoms with Crippen molar-refractivity contribution in [1.82, 2.24) is 0 Å². The monoisotopic (exact) mass is 460 g/mol. The smallest absolute Gasteiger partial charge is 0.265 e. The molecule has 2 amide bonds. The van der Waals surface area contributed by atoms with E-state index in [0.717, 1.165) is 11.3 Å². The summed E-state index contributed by atoms with van der Waals surface area (Å²) in [7, 11) is 0. The van der Waals surface area contributed by atoms with Gasteiger partial charge in [0.05, 0.1) is 12.3 Å². The number of aryl methyl sites for hydroxylation is 1. The van der Waals surface area contributed by atoms with Crippen molar-refractivity contribution in [1.29, 1.82) is 0 Å². The van der Waals surface area contributed by atoms with Gasteiger partial charge in [-0.1, -0.05) is 12.1 Å². The molecule has 0 unspecified atom stereocenters. The van der Waals surface area contributed by atoms with Crippen LogP contribution in [0.15, 0.2) is 60.7 Å². The van der Waals surface area contributed by atoms with Gasteiger partial charge in [0, 0.05) is 17.8 Å². The van der Waals surface area contributed by atoms with Crippen molar-refractivity contribution in [2.45, 2.75) is 13.3 Å². The average Bonchev–Trinajstić information content (AvgIpc) is 3.31. The maximum Gasteiger partial charge on any atom is 0.265 e. The first-order valence-corrected chi connectivity index (χ1v) is 11.0. The molecule has 5 rings (SSSR count). The summed E-state index contributed by atoms with van der Waals surface area (Å²) >= 11 is 0. The highest BCUT2D eigenvalue weighted by molar-refractivity contribution is 6.05. The molecule has 0 aliphatic carbocycles. The molecule has 2 heterocycles. The molecule has 0 atom stereocenters. The van der Waals surface area contributed by atoms with Crippen LogP contribution in [-0.4, -0.2) is 38.4 Å². The van der Waals surface area contributed by atoms with E-state index >= 15 is 0 Å². The highest BCUT2D eigenvalue weighted by Crippen LogP contribution is 2.36. The molecule has 3 aromatic carbocycles. The van der Waals surface area contributed by atoms with Crippen LogP contribution in [0.5, 0.6) is 23.0 Å². The van der Waals surface area contributed by atoms with E-state index in [9.17, 15) is 9.59 Å². The van der Waals surface area contributed by atoms with Gasteiger partial charge in [0.1, 0.15) is 11.5 Å². The summed E-state index contributed by atoms with van der Waals surface area (Å²) in [5.74, 6) is 2.13. The molecule has 34 heavy (non-hydrogen) atoms. The van der Waals surface area contributed by atoms with Gasteiger partial charge in [-0.3, -0.25) is 9.59 Å². The summed E-state index contributed by atoms with van der Waals surface area (Å²) in [6, 6.07) is 18.1. The summed E-state index contributed by atoms with van der Waals surface area (Å²) < 4.78 is 22.0. The number of ether oxygens (including phenoxy) is 4. The lowest BCUT2D eigenvalue weighted by Crippen LogP contribution is -2.39. The van der Waals surface area contributed by atoms with Gasteiger partial charge in [-0.15, -0.1) is 0 Å². The number of anilines is 2. The minimum atomic E-state index is -0.292. The van der Waals surface area contributed by atoms with Crippen LogP contribution in [0.4, 0.5) is 11.4 Å². The van der Waals surface area contributed by atoms with E-state index < -0.39 is 0 Å². The Morgan fingerprint density at radius 1 is 1.00 bits per heavy atom. The number of nitrogens with zero attached hydrogens (tertiary/aromatic N) is 1. The quantitative estimate of drug-likeness (QED) is 0.533. The number of amides is 2. The predicted octanol–water partition coefficient (Wildman–Crippen LogP) is 4.17. The third-order valence-electron chi connectivity index (χ3n) is 5.58. The normalized spacial score (nSPS) is 13.8. The predicted molar refractivity (Wildman–Crippen MR) is 126 cm³/mol. The number of fused-ring (bicyclic) bond motifs is 2. The largest absolute Gasteiger partial charge is 0.494 e. The fourth-order valence-electron chi connectivity index (χ4n) is 3.88. The first-order chi connectivity index (χ1) is 16.6. The van der Waals surface area contributed by atoms with Gasteiger partial charge >= 0.3 is 0 Å². The van der Waals surface area contributed by atoms with Crippen LogP contribution >= 0.6 is 0 Å². The molecule has 8 nitrogen and oxygen atoms in total. The Morgan fingerprint density at radius 3 is 2.74 bits per heavy atom. The molecular formula is C26H24N2O6. The first kappa shape index (κ1) is 21.6. The maximum atomic E-state index is 12.8. The number of benzene rings is 3. The molecule has 0 aromatic heterocycles. The van der Waals surface area contributed by atoms with E-state index in [0.29, 0.717) is 53.8 Å². The van der Waals surface area contributed by atoms with E-state index in [2.05, 4.69) is 5.32 Å². The topological polar surface area (TPSA) is 86.3 Å². The average molecular weight is 460 g/mol. The number of carbonyl (C=O) groups excluding carboxylic acids is 2. The molecular weight excluding hydrogens is 436 g/mol. The minimum Gasteiger partial charge on any atom is -0.494 e. The maximum absolute atomic E-state index is 12.8. The molecule has 8 heteroatoms. The van der Waals surface area contributed by atoms with E-state index in [1.165, 1.54) is 0 Å². The van der Waals surface area contributed by atoms with E-state index in [1.807, 2.05) is 31.2 Å². The van der Waals surface area contributed by atoms with Crippen LogP contribution < -0.4 is 29.2 Å². The van der Waals surface area contributed by atoms with Crippen molar-refractivity contribution in [3.63, 3.8) is 0 Å². The van der Waals surface area contributed by atoms with Gasteiger partial charge in [0.2, 0.25) is 6.79 Å². The summed E-state index contributed by atoms with van der Waals surface area (Å²) in [4.78, 5) is 27.0. The van der Waals surface area contributed by atoms with Gasteiger partial charge in [-0.05, 0) is 67.4 Å². The molecule has 0 spiro atoms. The summed E-state index contributed by atoms with van der Waals surface area (Å²) in [6.45, 7) is 3.09. The highest BCUT2D eigenvalue weighted by Gasteiger charge is 2.26. The van der Waals surface area contributed by atoms with E-state index in [-0.39, 0.29) is 25.2 Å². The summed E-state index contributed by atoms with van der Waals surface area (Å²) in [5.41, 5.74) is 2.75. The number of rotatable bonds is 7. The molecule has 0 saturated heterocycles. The van der Waals surface area contributed by atoms with Crippen LogP contribution in [0.2, 0.25) is 0 Å². The second-order valence-electron chi connectivity index (χ2n) is 8.06. The SMILES string of the molecule is Cc1cccc(OCCCN2C(=O)COc3ccc(NC(=O)c4ccc5c(c4)OCO5)cc32)c1. The molecule has 0 saturated carbocycles. The number of nitrogens with one attached hydrogen (secondary N) is 1. The van der Waals surface area contributed by atoms with Crippen molar-refractivity contribution in [2.24, 2.45) is 0 Å². The Balaban J connectivity index is 1.25. The third kappa shape index (κ3) is 4.61. The molecule has 2 aliphatic rings. The lowest BCUT2D eigenvalue weighted by atomic mass is 10.1. The van der Waals surface area contributed by atoms with Crippen LogP contribution in [0.3, 0.4) is 0 Å². The van der Waals surface area contributed by atoms with Crippen molar-refractivity contribution in [2.75, 3.05) is 36.8 Å². The Labute approximate surface area is 197 Å². The zero-order valence-electron chi connectivity index (χ0n) is 18.7. The second kappa shape index (κ2) is 9.35. The number of hydrogen-bond donors (Lipinski definition) is 1. The molecule has 3 aromatic rings. The fourth-order valence-corrected chi connectivity index (χ4v) is 3.88. The van der Waals surface area contributed by atoms with Gasteiger partial charge < -0.3 is 29.2 Å². The Kier molecular flexibility index (Phi) is 5.95. The lowest BCUT2D eigenvalue weighted by Gasteiger charge is -2.30. The zero-order chi connectivity index (χ0) is 23.5. The molecule has 0 radical (unpaired) electrons. The Bertz CT molecular complexity index is 1240. The van der Waals surface area contributed by atoms with Gasteiger partial charge in [-0.2, -0.15) is 0 Å². The molecule has 1 N–H and O–H groups in total. The standard InChI is InChI=1S/C26H24N2O6/c1-17-4-2-5-20(12-17)31-11-3-10-28-21-14-19(7-9-22(21)32-15-25(28)29)27-26(30)18-6-8-23-24(13-18)34-16-33-23/h2,4-9,12-14H,3,10-11,15-16H2,1H3,(H,27,30). The summed E-state index contributed by atoms with van der Waals surface area (Å²) in [5, 5.41) is 2.88. The van der Waals surface area contributed by atoms with Crippen LogP contribution in [0.25, 0.3) is 0 Å². The van der Waals surface area contributed by atoms with Gasteiger partial charge in [0.15, 0.2) is 18.1 Å². The van der Waals surface area contributed by atoms with Crippen LogP contribution in [-0.2, 0) is 4.79 Å². The number of hydrogen-bond acceptors (Lipinski definition) is 6. The molecule has 0 fully saturated rings. The van der Waals surface area contributed by atoms with Crippen molar-refractivity contribution < 1.29 is 28.5 Å². The minimum absolute atomic E-state index is 0.0192.